The number of rotatable bonds is 4. The zero-order chi connectivity index (χ0) is 14.5. The molecule has 2 aliphatic heterocycles. The highest BCUT2D eigenvalue weighted by atomic mass is 16.5. The summed E-state index contributed by atoms with van der Waals surface area (Å²) in [5.41, 5.74) is 2.05. The molecule has 0 aliphatic carbocycles. The highest BCUT2D eigenvalue weighted by molar-refractivity contribution is 5.31. The van der Waals surface area contributed by atoms with Gasteiger partial charge >= 0.3 is 0 Å². The maximum atomic E-state index is 8.83. The first kappa shape index (κ1) is 14.5. The lowest BCUT2D eigenvalue weighted by atomic mass is 10.1. The fourth-order valence-electron chi connectivity index (χ4n) is 3.30. The van der Waals surface area contributed by atoms with Crippen molar-refractivity contribution in [2.24, 2.45) is 5.92 Å². The Morgan fingerprint density at radius 2 is 1.86 bits per heavy atom. The highest BCUT2D eigenvalue weighted by Crippen LogP contribution is 2.20. The molecule has 2 saturated heterocycles. The number of likely N-dealkylation sites (tertiary alicyclic amines) is 1. The van der Waals surface area contributed by atoms with Gasteiger partial charge in [0, 0.05) is 32.7 Å². The largest absolute Gasteiger partial charge is 0.379 e. The van der Waals surface area contributed by atoms with Crippen LogP contribution in [0.5, 0.6) is 0 Å². The van der Waals surface area contributed by atoms with Gasteiger partial charge in [-0.25, -0.2) is 0 Å². The van der Waals surface area contributed by atoms with E-state index >= 15 is 0 Å². The van der Waals surface area contributed by atoms with Crippen molar-refractivity contribution < 1.29 is 4.74 Å². The molecule has 1 aromatic carbocycles. The molecule has 0 unspecified atom stereocenters. The van der Waals surface area contributed by atoms with E-state index in [0.29, 0.717) is 0 Å². The summed E-state index contributed by atoms with van der Waals surface area (Å²) in [6.07, 6.45) is 1.30. The number of ether oxygens (including phenoxy) is 1. The summed E-state index contributed by atoms with van der Waals surface area (Å²) >= 11 is 0. The minimum absolute atomic E-state index is 0.741. The third-order valence-corrected chi connectivity index (χ3v) is 4.48. The van der Waals surface area contributed by atoms with E-state index in [1.165, 1.54) is 31.6 Å². The van der Waals surface area contributed by atoms with Crippen molar-refractivity contribution in [1.82, 2.24) is 9.80 Å². The number of hydrogen-bond donors (Lipinski definition) is 0. The molecule has 2 heterocycles. The van der Waals surface area contributed by atoms with Crippen LogP contribution in [0.25, 0.3) is 0 Å². The molecule has 0 N–H and O–H groups in total. The first-order valence-corrected chi connectivity index (χ1v) is 7.85. The van der Waals surface area contributed by atoms with Crippen molar-refractivity contribution in [2.75, 3.05) is 45.9 Å². The van der Waals surface area contributed by atoms with Crippen LogP contribution in [0, 0.1) is 17.2 Å². The molecule has 21 heavy (non-hydrogen) atoms. The Balaban J connectivity index is 1.46. The van der Waals surface area contributed by atoms with Crippen LogP contribution in [-0.2, 0) is 11.3 Å². The summed E-state index contributed by atoms with van der Waals surface area (Å²) in [5.74, 6) is 0.793. The van der Waals surface area contributed by atoms with Crippen molar-refractivity contribution in [3.05, 3.63) is 35.4 Å². The minimum Gasteiger partial charge on any atom is -0.379 e. The number of nitriles is 1. The monoisotopic (exact) mass is 285 g/mol. The second-order valence-electron chi connectivity index (χ2n) is 6.11. The predicted octanol–water partition coefficient (Wildman–Crippen LogP) is 1.71. The number of hydrogen-bond acceptors (Lipinski definition) is 4. The van der Waals surface area contributed by atoms with Gasteiger partial charge in [0.15, 0.2) is 0 Å². The third kappa shape index (κ3) is 4.04. The maximum Gasteiger partial charge on any atom is 0.0991 e. The normalized spacial score (nSPS) is 24.0. The molecule has 0 amide bonds. The van der Waals surface area contributed by atoms with E-state index in [9.17, 15) is 0 Å². The molecule has 2 aliphatic rings. The van der Waals surface area contributed by atoms with Gasteiger partial charge < -0.3 is 4.74 Å². The second-order valence-corrected chi connectivity index (χ2v) is 6.11. The van der Waals surface area contributed by atoms with Crippen LogP contribution in [-0.4, -0.2) is 55.7 Å². The molecule has 4 nitrogen and oxygen atoms in total. The van der Waals surface area contributed by atoms with E-state index in [2.05, 4.69) is 28.0 Å². The van der Waals surface area contributed by atoms with Crippen molar-refractivity contribution in [3.63, 3.8) is 0 Å². The first-order valence-electron chi connectivity index (χ1n) is 7.85. The fraction of sp³-hybridized carbons (Fsp3) is 0.588. The lowest BCUT2D eigenvalue weighted by molar-refractivity contribution is 0.0311. The lowest BCUT2D eigenvalue weighted by Gasteiger charge is -2.29. The Kier molecular flexibility index (Phi) is 4.87. The van der Waals surface area contributed by atoms with Crippen LogP contribution < -0.4 is 0 Å². The van der Waals surface area contributed by atoms with Crippen LogP contribution in [0.3, 0.4) is 0 Å². The zero-order valence-corrected chi connectivity index (χ0v) is 12.5. The van der Waals surface area contributed by atoms with Gasteiger partial charge in [-0.2, -0.15) is 5.26 Å². The number of nitrogens with zero attached hydrogens (tertiary/aromatic N) is 3. The Bertz CT molecular complexity index is 488. The second kappa shape index (κ2) is 7.04. The minimum atomic E-state index is 0.741. The number of morpholine rings is 1. The van der Waals surface area contributed by atoms with Gasteiger partial charge in [0.1, 0.15) is 0 Å². The molecule has 0 spiro atoms. The molecule has 0 bridgehead atoms. The summed E-state index contributed by atoms with van der Waals surface area (Å²) in [7, 11) is 0. The average molecular weight is 285 g/mol. The molecule has 0 saturated carbocycles. The summed E-state index contributed by atoms with van der Waals surface area (Å²) in [6.45, 7) is 8.56. The molecule has 112 valence electrons. The van der Waals surface area contributed by atoms with E-state index in [4.69, 9.17) is 10.00 Å². The maximum absolute atomic E-state index is 8.83. The van der Waals surface area contributed by atoms with Gasteiger partial charge in [0.25, 0.3) is 0 Å². The SMILES string of the molecule is N#Cc1ccc(CN2CC[C@@H](CN3CCOCC3)C2)cc1. The molecule has 2 fully saturated rings. The zero-order valence-electron chi connectivity index (χ0n) is 12.5. The quantitative estimate of drug-likeness (QED) is 0.844. The Labute approximate surface area is 126 Å². The Morgan fingerprint density at radius 3 is 2.57 bits per heavy atom. The Morgan fingerprint density at radius 1 is 1.10 bits per heavy atom. The summed E-state index contributed by atoms with van der Waals surface area (Å²) in [4.78, 5) is 5.08. The topological polar surface area (TPSA) is 39.5 Å². The van der Waals surface area contributed by atoms with Crippen LogP contribution in [0.4, 0.5) is 0 Å². The van der Waals surface area contributed by atoms with Gasteiger partial charge in [0.05, 0.1) is 24.8 Å². The Hall–Kier alpha value is -1.41. The van der Waals surface area contributed by atoms with E-state index in [0.717, 1.165) is 44.3 Å². The van der Waals surface area contributed by atoms with Gasteiger partial charge in [-0.3, -0.25) is 9.80 Å². The average Bonchev–Trinajstić information content (AvgIpc) is 2.96. The highest BCUT2D eigenvalue weighted by Gasteiger charge is 2.25. The van der Waals surface area contributed by atoms with Gasteiger partial charge in [0.2, 0.25) is 0 Å². The number of benzene rings is 1. The van der Waals surface area contributed by atoms with Crippen LogP contribution in [0.2, 0.25) is 0 Å². The molecular formula is C17H23N3O. The van der Waals surface area contributed by atoms with Gasteiger partial charge in [-0.15, -0.1) is 0 Å². The predicted molar refractivity (Wildman–Crippen MR) is 81.8 cm³/mol. The van der Waals surface area contributed by atoms with E-state index < -0.39 is 0 Å². The van der Waals surface area contributed by atoms with Crippen molar-refractivity contribution in [3.8, 4) is 6.07 Å². The smallest absolute Gasteiger partial charge is 0.0991 e. The van der Waals surface area contributed by atoms with E-state index in [-0.39, 0.29) is 0 Å². The van der Waals surface area contributed by atoms with Crippen LogP contribution >= 0.6 is 0 Å². The summed E-state index contributed by atoms with van der Waals surface area (Å²) in [5, 5.41) is 8.83. The molecule has 1 atom stereocenters. The molecule has 1 aromatic rings. The fourth-order valence-corrected chi connectivity index (χ4v) is 3.30. The third-order valence-electron chi connectivity index (χ3n) is 4.48. The molecule has 0 aromatic heterocycles. The van der Waals surface area contributed by atoms with Gasteiger partial charge in [-0.1, -0.05) is 12.1 Å². The van der Waals surface area contributed by atoms with Crippen molar-refractivity contribution >= 4 is 0 Å². The molecule has 0 radical (unpaired) electrons. The standard InChI is InChI=1S/C17H23N3O/c18-11-15-1-3-16(4-2-15)12-20-6-5-17(14-20)13-19-7-9-21-10-8-19/h1-4,17H,5-10,12-14H2/t17-/m0/s1. The van der Waals surface area contributed by atoms with Gasteiger partial charge in [-0.05, 0) is 36.6 Å². The summed E-state index contributed by atoms with van der Waals surface area (Å²) < 4.78 is 5.41. The van der Waals surface area contributed by atoms with Crippen molar-refractivity contribution in [2.45, 2.75) is 13.0 Å². The lowest BCUT2D eigenvalue weighted by Crippen LogP contribution is -2.39. The van der Waals surface area contributed by atoms with Crippen molar-refractivity contribution in [1.29, 1.82) is 5.26 Å². The molecular weight excluding hydrogens is 262 g/mol. The summed E-state index contributed by atoms with van der Waals surface area (Å²) in [6, 6.07) is 10.2. The van der Waals surface area contributed by atoms with E-state index in [1.54, 1.807) is 0 Å². The first-order chi connectivity index (χ1) is 10.3. The van der Waals surface area contributed by atoms with Crippen LogP contribution in [0.15, 0.2) is 24.3 Å². The molecule has 3 rings (SSSR count). The van der Waals surface area contributed by atoms with E-state index in [1.807, 2.05) is 12.1 Å². The van der Waals surface area contributed by atoms with Crippen LogP contribution in [0.1, 0.15) is 17.5 Å². The molecule has 4 heteroatoms.